The van der Waals surface area contributed by atoms with E-state index in [0.29, 0.717) is 50.3 Å². The number of unbranched alkanes of at least 4 members (excludes halogenated alkanes) is 19. The van der Waals surface area contributed by atoms with Gasteiger partial charge in [0.15, 0.2) is 0 Å². The van der Waals surface area contributed by atoms with Crippen LogP contribution < -0.4 is 14.8 Å². The summed E-state index contributed by atoms with van der Waals surface area (Å²) in [7, 11) is 0. The zero-order chi connectivity index (χ0) is 51.9. The molecule has 1 fully saturated rings. The SMILES string of the molecule is C=CCO[C@@]12Oc3ccc(OC(=O)NCCCCCCCCCCCC)cc3[C@H]3[C@H](CCCCO)[C@@H](CCCCO)C=C(C(=NOCc4ccccc4)C[C@@H]1N(CCC)C(=O)CCCCCCCCCCC)[C@H]32. The molecule has 0 spiro atoms. The normalized spacial score (nSPS) is 21.4. The summed E-state index contributed by atoms with van der Waals surface area (Å²) in [6, 6.07) is 15.2. The average molecular weight is 1010 g/mol. The van der Waals surface area contributed by atoms with E-state index in [4.69, 9.17) is 24.2 Å². The van der Waals surface area contributed by atoms with Gasteiger partial charge in [0.25, 0.3) is 0 Å². The van der Waals surface area contributed by atoms with Crippen molar-refractivity contribution in [3.8, 4) is 11.5 Å². The van der Waals surface area contributed by atoms with E-state index in [1.165, 1.54) is 89.9 Å². The average Bonchev–Trinajstić information content (AvgIpc) is 3.40. The number of nitrogens with zero attached hydrogens (tertiary/aromatic N) is 2. The Hall–Kier alpha value is -4.19. The molecule has 6 atom stereocenters. The minimum atomic E-state index is -1.33. The van der Waals surface area contributed by atoms with E-state index in [1.54, 1.807) is 12.1 Å². The standard InChI is InChI=1S/C62H97N3O8/c1-5-9-11-13-15-17-19-21-23-30-40-63-61(69)72-51-38-39-56-54(46-51)59-52(36-29-32-43-67)50(35-28-31-42-66)45-53-55(64-71-48-49-33-25-24-26-34-49)47-57(62(73-56,60(53)59)70-44-8-4)65(41-7-3)58(68)37-27-22-20-18-16-14-12-10-6-2/h8,24-26,33-34,38-39,45-46,50,52,57,59-60,66-67H,4-7,9-23,27-32,35-37,40-44,47-48H2,1-3H3,(H,63,69)/t50-,52+,57-,59+,60+,62+/m0/s1. The number of hydrogen-bond acceptors (Lipinski definition) is 9. The number of carbonyl (C=O) groups is 2. The topological polar surface area (TPSA) is 139 Å². The van der Waals surface area contributed by atoms with Crippen molar-refractivity contribution in [2.75, 3.05) is 32.9 Å². The van der Waals surface area contributed by atoms with Crippen molar-refractivity contribution in [1.29, 1.82) is 0 Å². The Kier molecular flexibility index (Phi) is 28.1. The summed E-state index contributed by atoms with van der Waals surface area (Å²) < 4.78 is 20.7. The minimum Gasteiger partial charge on any atom is -0.459 e. The second kappa shape index (κ2) is 34.4. The Morgan fingerprint density at radius 2 is 1.41 bits per heavy atom. The number of fused-ring (bicyclic) bond motifs is 2. The third-order valence-corrected chi connectivity index (χ3v) is 15.6. The molecule has 73 heavy (non-hydrogen) atoms. The monoisotopic (exact) mass is 1010 g/mol. The predicted octanol–water partition coefficient (Wildman–Crippen LogP) is 14.7. The number of carbonyl (C=O) groups excluding carboxylic acids is 2. The highest BCUT2D eigenvalue weighted by Gasteiger charge is 2.65. The molecule has 3 N–H and O–H groups in total. The molecule has 2 aliphatic carbocycles. The number of ether oxygens (including phenoxy) is 3. The molecule has 5 rings (SSSR count). The lowest BCUT2D eigenvalue weighted by atomic mass is 9.55. The van der Waals surface area contributed by atoms with Crippen LogP contribution in [-0.4, -0.2) is 77.6 Å². The number of allylic oxidation sites excluding steroid dienone is 1. The van der Waals surface area contributed by atoms with E-state index < -0.39 is 23.8 Å². The summed E-state index contributed by atoms with van der Waals surface area (Å²) in [5.41, 5.74) is 3.68. The molecule has 1 saturated carbocycles. The Labute approximate surface area is 441 Å². The van der Waals surface area contributed by atoms with Gasteiger partial charge in [-0.25, -0.2) is 4.79 Å². The summed E-state index contributed by atoms with van der Waals surface area (Å²) in [6.45, 7) is 12.5. The zero-order valence-electron chi connectivity index (χ0n) is 45.6. The van der Waals surface area contributed by atoms with E-state index in [0.717, 1.165) is 86.6 Å². The predicted molar refractivity (Wildman–Crippen MR) is 296 cm³/mol. The van der Waals surface area contributed by atoms with E-state index in [-0.39, 0.29) is 50.1 Å². The lowest BCUT2D eigenvalue weighted by molar-refractivity contribution is -0.257. The minimum absolute atomic E-state index is 0.0521. The summed E-state index contributed by atoms with van der Waals surface area (Å²) in [5.74, 6) is -0.705. The van der Waals surface area contributed by atoms with Gasteiger partial charge < -0.3 is 39.5 Å². The van der Waals surface area contributed by atoms with Gasteiger partial charge in [-0.2, -0.15) is 0 Å². The van der Waals surface area contributed by atoms with Crippen LogP contribution >= 0.6 is 0 Å². The van der Waals surface area contributed by atoms with Crippen LogP contribution in [0.3, 0.4) is 0 Å². The number of oxime groups is 1. The van der Waals surface area contributed by atoms with Crippen LogP contribution in [0.5, 0.6) is 11.5 Å². The van der Waals surface area contributed by atoms with Gasteiger partial charge in [0.2, 0.25) is 11.7 Å². The van der Waals surface area contributed by atoms with Crippen LogP contribution in [0.15, 0.2) is 78.0 Å². The maximum atomic E-state index is 14.9. The fourth-order valence-electron chi connectivity index (χ4n) is 11.8. The molecular weight excluding hydrogens is 915 g/mol. The lowest BCUT2D eigenvalue weighted by Crippen LogP contribution is -2.70. The Bertz CT molecular complexity index is 1940. The van der Waals surface area contributed by atoms with Gasteiger partial charge >= 0.3 is 6.09 Å². The van der Waals surface area contributed by atoms with E-state index in [2.05, 4.69) is 38.7 Å². The lowest BCUT2D eigenvalue weighted by Gasteiger charge is -2.60. The number of rotatable bonds is 39. The quantitative estimate of drug-likeness (QED) is 0.0342. The van der Waals surface area contributed by atoms with Crippen molar-refractivity contribution in [2.45, 2.75) is 225 Å². The first-order chi connectivity index (χ1) is 35.8. The van der Waals surface area contributed by atoms with Crippen molar-refractivity contribution < 1.29 is 38.9 Å². The van der Waals surface area contributed by atoms with Crippen LogP contribution in [0, 0.1) is 17.8 Å². The van der Waals surface area contributed by atoms with Crippen LogP contribution in [0.25, 0.3) is 0 Å². The largest absolute Gasteiger partial charge is 0.459 e. The van der Waals surface area contributed by atoms with Gasteiger partial charge in [-0.1, -0.05) is 190 Å². The molecule has 2 aromatic rings. The summed E-state index contributed by atoms with van der Waals surface area (Å²) >= 11 is 0. The highest BCUT2D eigenvalue weighted by Crippen LogP contribution is 2.62. The van der Waals surface area contributed by atoms with Gasteiger partial charge in [-0.05, 0) is 86.1 Å². The molecular formula is C62H97N3O8. The third kappa shape index (κ3) is 18.6. The molecule has 11 nitrogen and oxygen atoms in total. The van der Waals surface area contributed by atoms with Crippen molar-refractivity contribution >= 4 is 17.7 Å². The Balaban J connectivity index is 1.52. The molecule has 2 aromatic carbocycles. The van der Waals surface area contributed by atoms with Crippen molar-refractivity contribution in [2.24, 2.45) is 22.9 Å². The molecule has 0 radical (unpaired) electrons. The van der Waals surface area contributed by atoms with Crippen LogP contribution in [0.1, 0.15) is 218 Å². The Morgan fingerprint density at radius 3 is 2.04 bits per heavy atom. The molecule has 0 saturated heterocycles. The van der Waals surface area contributed by atoms with Crippen molar-refractivity contribution in [3.05, 3.63) is 84.0 Å². The fraction of sp³-hybridized carbons (Fsp3) is 0.694. The first kappa shape index (κ1) is 59.7. The van der Waals surface area contributed by atoms with Crippen molar-refractivity contribution in [1.82, 2.24) is 10.2 Å². The fourth-order valence-corrected chi connectivity index (χ4v) is 11.8. The molecule has 1 aliphatic heterocycles. The maximum Gasteiger partial charge on any atom is 0.412 e. The number of amides is 2. The van der Waals surface area contributed by atoms with Crippen molar-refractivity contribution in [3.63, 3.8) is 0 Å². The molecule has 3 aliphatic rings. The molecule has 408 valence electrons. The third-order valence-electron chi connectivity index (χ3n) is 15.6. The highest BCUT2D eigenvalue weighted by molar-refractivity contribution is 6.03. The van der Waals surface area contributed by atoms with E-state index in [1.807, 2.05) is 47.4 Å². The van der Waals surface area contributed by atoms with E-state index >= 15 is 0 Å². The van der Waals surface area contributed by atoms with Gasteiger partial charge in [-0.15, -0.1) is 6.58 Å². The maximum absolute atomic E-state index is 14.9. The zero-order valence-corrected chi connectivity index (χ0v) is 45.6. The van der Waals surface area contributed by atoms with Crippen LogP contribution in [-0.2, 0) is 21.0 Å². The molecule has 11 heteroatoms. The first-order valence-electron chi connectivity index (χ1n) is 29.3. The smallest absolute Gasteiger partial charge is 0.412 e. The molecule has 0 unspecified atom stereocenters. The van der Waals surface area contributed by atoms with Gasteiger partial charge in [0.1, 0.15) is 24.1 Å². The summed E-state index contributed by atoms with van der Waals surface area (Å²) in [5, 5.41) is 28.1. The van der Waals surface area contributed by atoms with Gasteiger partial charge in [0, 0.05) is 50.6 Å². The summed E-state index contributed by atoms with van der Waals surface area (Å²) in [4.78, 5) is 36.7. The number of hydrogen-bond donors (Lipinski definition) is 3. The second-order valence-corrected chi connectivity index (χ2v) is 21.2. The van der Waals surface area contributed by atoms with E-state index in [9.17, 15) is 19.8 Å². The number of aliphatic hydroxyl groups is 2. The molecule has 0 bridgehead atoms. The van der Waals surface area contributed by atoms with Gasteiger partial charge in [-0.3, -0.25) is 4.79 Å². The van der Waals surface area contributed by atoms with Crippen LogP contribution in [0.2, 0.25) is 0 Å². The number of benzene rings is 2. The summed E-state index contributed by atoms with van der Waals surface area (Å²) in [6.07, 6.45) is 32.6. The van der Waals surface area contributed by atoms with Gasteiger partial charge in [0.05, 0.1) is 18.2 Å². The first-order valence-corrected chi connectivity index (χ1v) is 29.3. The Morgan fingerprint density at radius 1 is 0.781 bits per heavy atom. The highest BCUT2D eigenvalue weighted by atomic mass is 16.7. The van der Waals surface area contributed by atoms with Crippen LogP contribution in [0.4, 0.5) is 4.79 Å². The molecule has 2 amide bonds. The molecule has 1 heterocycles. The second-order valence-electron chi connectivity index (χ2n) is 21.2. The number of aliphatic hydroxyl groups excluding tert-OH is 2. The number of nitrogens with one attached hydrogen (secondary N) is 1. The molecule has 0 aromatic heterocycles.